The lowest BCUT2D eigenvalue weighted by molar-refractivity contribution is 0.160. The molecule has 0 saturated heterocycles. The molecule has 0 radical (unpaired) electrons. The molecule has 1 rings (SSSR count). The van der Waals surface area contributed by atoms with E-state index in [-0.39, 0.29) is 0 Å². The van der Waals surface area contributed by atoms with Gasteiger partial charge >= 0.3 is 0 Å². The second kappa shape index (κ2) is 8.70. The van der Waals surface area contributed by atoms with Crippen molar-refractivity contribution in [3.8, 4) is 0 Å². The average Bonchev–Trinajstić information content (AvgIpc) is 2.79. The van der Waals surface area contributed by atoms with Gasteiger partial charge in [0.05, 0.1) is 6.61 Å². The summed E-state index contributed by atoms with van der Waals surface area (Å²) in [6.07, 6.45) is 1.18. The maximum atomic E-state index is 5.03. The number of likely N-dealkylation sites (N-methyl/N-ethyl adjacent to an activating group) is 1. The number of nitrogens with zero attached hydrogens (tertiary/aromatic N) is 1. The summed E-state index contributed by atoms with van der Waals surface area (Å²) in [7, 11) is 3.88. The molecule has 0 aliphatic heterocycles. The number of thiophene rings is 1. The molecule has 1 aromatic heterocycles. The Balaban J connectivity index is 1.91. The van der Waals surface area contributed by atoms with Crippen LogP contribution in [0.25, 0.3) is 0 Å². The van der Waals surface area contributed by atoms with Crippen LogP contribution < -0.4 is 5.32 Å². The molecule has 0 aliphatic rings. The van der Waals surface area contributed by atoms with Gasteiger partial charge in [0.2, 0.25) is 0 Å². The number of hydrogen-bond acceptors (Lipinski definition) is 4. The van der Waals surface area contributed by atoms with Crippen molar-refractivity contribution >= 4 is 11.3 Å². The Hall–Kier alpha value is -0.420. The van der Waals surface area contributed by atoms with Crippen LogP contribution in [0.1, 0.15) is 12.0 Å². The molecule has 3 nitrogen and oxygen atoms in total. The Morgan fingerprint density at radius 1 is 1.44 bits per heavy atom. The van der Waals surface area contributed by atoms with Crippen molar-refractivity contribution < 1.29 is 4.74 Å². The summed E-state index contributed by atoms with van der Waals surface area (Å²) in [6, 6.07) is 2.17. The van der Waals surface area contributed by atoms with Crippen LogP contribution in [-0.2, 0) is 11.3 Å². The van der Waals surface area contributed by atoms with Crippen molar-refractivity contribution in [2.45, 2.75) is 13.0 Å². The lowest BCUT2D eigenvalue weighted by Gasteiger charge is -2.15. The van der Waals surface area contributed by atoms with Crippen LogP contribution in [0.3, 0.4) is 0 Å². The van der Waals surface area contributed by atoms with Crippen molar-refractivity contribution in [1.29, 1.82) is 0 Å². The van der Waals surface area contributed by atoms with Gasteiger partial charge in [0, 0.05) is 20.2 Å². The molecule has 0 unspecified atom stereocenters. The fraction of sp³-hybridized carbons (Fsp3) is 0.667. The summed E-state index contributed by atoms with van der Waals surface area (Å²) in [6.45, 7) is 5.03. The molecule has 1 heterocycles. The van der Waals surface area contributed by atoms with E-state index >= 15 is 0 Å². The summed E-state index contributed by atoms with van der Waals surface area (Å²) in [5.74, 6) is 0. The van der Waals surface area contributed by atoms with E-state index in [9.17, 15) is 0 Å². The monoisotopic (exact) mass is 242 g/mol. The van der Waals surface area contributed by atoms with E-state index in [0.717, 1.165) is 32.8 Å². The average molecular weight is 242 g/mol. The maximum Gasteiger partial charge on any atom is 0.0589 e. The molecule has 16 heavy (non-hydrogen) atoms. The molecule has 0 aromatic carbocycles. The van der Waals surface area contributed by atoms with Crippen molar-refractivity contribution in [1.82, 2.24) is 10.2 Å². The largest absolute Gasteiger partial charge is 0.383 e. The van der Waals surface area contributed by atoms with Gasteiger partial charge in [0.15, 0.2) is 0 Å². The predicted molar refractivity (Wildman–Crippen MR) is 70.0 cm³/mol. The van der Waals surface area contributed by atoms with Gasteiger partial charge in [-0.15, -0.1) is 0 Å². The lowest BCUT2D eigenvalue weighted by Crippen LogP contribution is -2.26. The third kappa shape index (κ3) is 6.23. The first kappa shape index (κ1) is 13.6. The van der Waals surface area contributed by atoms with E-state index in [4.69, 9.17) is 4.74 Å². The molecule has 0 amide bonds. The zero-order chi connectivity index (χ0) is 11.6. The number of methoxy groups -OCH3 is 1. The number of hydrogen-bond donors (Lipinski definition) is 1. The van der Waals surface area contributed by atoms with Gasteiger partial charge in [-0.05, 0) is 48.9 Å². The predicted octanol–water partition coefficient (Wildman–Crippen LogP) is 1.81. The molecule has 0 bridgehead atoms. The molecular formula is C12H22N2OS. The molecule has 0 atom stereocenters. The van der Waals surface area contributed by atoms with Crippen LogP contribution in [0.5, 0.6) is 0 Å². The first-order valence-corrected chi connectivity index (χ1v) is 6.66. The van der Waals surface area contributed by atoms with Crippen LogP contribution in [-0.4, -0.2) is 45.3 Å². The molecule has 1 N–H and O–H groups in total. The summed E-state index contributed by atoms with van der Waals surface area (Å²) >= 11 is 1.76. The van der Waals surface area contributed by atoms with Crippen LogP contribution >= 0.6 is 11.3 Å². The van der Waals surface area contributed by atoms with Crippen molar-refractivity contribution in [3.63, 3.8) is 0 Å². The highest BCUT2D eigenvalue weighted by molar-refractivity contribution is 7.07. The minimum absolute atomic E-state index is 0.818. The van der Waals surface area contributed by atoms with Crippen molar-refractivity contribution in [2.75, 3.05) is 40.4 Å². The van der Waals surface area contributed by atoms with Gasteiger partial charge in [0.1, 0.15) is 0 Å². The van der Waals surface area contributed by atoms with E-state index in [1.807, 2.05) is 0 Å². The smallest absolute Gasteiger partial charge is 0.0589 e. The third-order valence-electron chi connectivity index (χ3n) is 2.48. The van der Waals surface area contributed by atoms with Crippen LogP contribution in [0.4, 0.5) is 0 Å². The molecule has 0 fully saturated rings. The molecule has 1 aromatic rings. The minimum Gasteiger partial charge on any atom is -0.383 e. The molecular weight excluding hydrogens is 220 g/mol. The summed E-state index contributed by atoms with van der Waals surface area (Å²) in [5, 5.41) is 7.76. The second-order valence-electron chi connectivity index (χ2n) is 3.96. The molecule has 92 valence electrons. The van der Waals surface area contributed by atoms with Crippen molar-refractivity contribution in [3.05, 3.63) is 22.4 Å². The van der Waals surface area contributed by atoms with Gasteiger partial charge in [-0.25, -0.2) is 0 Å². The van der Waals surface area contributed by atoms with Gasteiger partial charge in [-0.1, -0.05) is 0 Å². The summed E-state index contributed by atoms with van der Waals surface area (Å²) in [5.41, 5.74) is 1.39. The molecule has 4 heteroatoms. The number of ether oxygens (including phenoxy) is 1. The standard InChI is InChI=1S/C12H22N2OS/c1-14(7-8-15-2)6-3-5-13-10-12-4-9-16-11-12/h4,9,11,13H,3,5-8,10H2,1-2H3. The molecule has 0 spiro atoms. The number of rotatable bonds is 9. The van der Waals surface area contributed by atoms with Crippen LogP contribution in [0, 0.1) is 0 Å². The fourth-order valence-electron chi connectivity index (χ4n) is 1.46. The fourth-order valence-corrected chi connectivity index (χ4v) is 2.13. The first-order chi connectivity index (χ1) is 7.83. The van der Waals surface area contributed by atoms with E-state index in [0.29, 0.717) is 0 Å². The highest BCUT2D eigenvalue weighted by Crippen LogP contribution is 2.04. The van der Waals surface area contributed by atoms with E-state index in [1.165, 1.54) is 12.0 Å². The van der Waals surface area contributed by atoms with Gasteiger partial charge in [-0.2, -0.15) is 11.3 Å². The van der Waals surface area contributed by atoms with E-state index < -0.39 is 0 Å². The first-order valence-electron chi connectivity index (χ1n) is 5.72. The van der Waals surface area contributed by atoms with Crippen LogP contribution in [0.15, 0.2) is 16.8 Å². The molecule has 0 aliphatic carbocycles. The molecule has 0 saturated carbocycles. The maximum absolute atomic E-state index is 5.03. The van der Waals surface area contributed by atoms with Crippen LogP contribution in [0.2, 0.25) is 0 Å². The zero-order valence-corrected chi connectivity index (χ0v) is 11.1. The van der Waals surface area contributed by atoms with E-state index in [1.54, 1.807) is 18.4 Å². The number of nitrogens with one attached hydrogen (secondary N) is 1. The second-order valence-corrected chi connectivity index (χ2v) is 4.74. The topological polar surface area (TPSA) is 24.5 Å². The Morgan fingerprint density at radius 3 is 3.00 bits per heavy atom. The van der Waals surface area contributed by atoms with Gasteiger partial charge < -0.3 is 15.0 Å². The quantitative estimate of drug-likeness (QED) is 0.668. The van der Waals surface area contributed by atoms with E-state index in [2.05, 4.69) is 34.1 Å². The normalized spacial score (nSPS) is 11.2. The van der Waals surface area contributed by atoms with Gasteiger partial charge in [-0.3, -0.25) is 0 Å². The Morgan fingerprint density at radius 2 is 2.31 bits per heavy atom. The Bertz CT molecular complexity index is 252. The highest BCUT2D eigenvalue weighted by atomic mass is 32.1. The third-order valence-corrected chi connectivity index (χ3v) is 3.21. The van der Waals surface area contributed by atoms with Gasteiger partial charge in [0.25, 0.3) is 0 Å². The van der Waals surface area contributed by atoms with Crippen molar-refractivity contribution in [2.24, 2.45) is 0 Å². The SMILES string of the molecule is COCCN(C)CCCNCc1ccsc1. The summed E-state index contributed by atoms with van der Waals surface area (Å²) in [4.78, 5) is 2.30. The zero-order valence-electron chi connectivity index (χ0n) is 10.2. The summed E-state index contributed by atoms with van der Waals surface area (Å²) < 4.78 is 5.03. The Kier molecular flexibility index (Phi) is 7.42. The minimum atomic E-state index is 0.818. The highest BCUT2D eigenvalue weighted by Gasteiger charge is 1.97. The Labute approximate surface area is 102 Å². The lowest BCUT2D eigenvalue weighted by atomic mass is 10.3.